The van der Waals surface area contributed by atoms with E-state index in [0.717, 1.165) is 12.8 Å². The van der Waals surface area contributed by atoms with Crippen molar-refractivity contribution in [1.82, 2.24) is 15.2 Å². The van der Waals surface area contributed by atoms with Crippen LogP contribution in [0.1, 0.15) is 57.4 Å². The lowest BCUT2D eigenvalue weighted by Gasteiger charge is -2.28. The molecule has 2 rings (SSSR count). The molecule has 0 saturated heterocycles. The molecule has 0 bridgehead atoms. The molecule has 1 fully saturated rings. The van der Waals surface area contributed by atoms with E-state index in [2.05, 4.69) is 10.3 Å². The Morgan fingerprint density at radius 2 is 1.94 bits per heavy atom. The molecule has 31 heavy (non-hydrogen) atoms. The van der Waals surface area contributed by atoms with E-state index < -0.39 is 41.8 Å². The molecule has 1 aromatic rings. The number of hydrogen-bond acceptors (Lipinski definition) is 7. The fourth-order valence-electron chi connectivity index (χ4n) is 2.83. The molecule has 0 radical (unpaired) electrons. The molecule has 10 heteroatoms. The van der Waals surface area contributed by atoms with Crippen molar-refractivity contribution in [2.45, 2.75) is 64.6 Å². The third kappa shape index (κ3) is 8.16. The number of esters is 2. The van der Waals surface area contributed by atoms with E-state index in [4.69, 9.17) is 21.1 Å². The fraction of sp³-hybridized carbons (Fsp3) is 0.571. The highest BCUT2D eigenvalue weighted by Gasteiger charge is 2.39. The normalized spacial score (nSPS) is 14.4. The van der Waals surface area contributed by atoms with Crippen LogP contribution >= 0.6 is 11.6 Å². The minimum Gasteiger partial charge on any atom is -0.465 e. The van der Waals surface area contributed by atoms with Crippen molar-refractivity contribution >= 4 is 35.4 Å². The molecule has 1 N–H and O–H groups in total. The molecule has 1 heterocycles. The number of ether oxygens (including phenoxy) is 2. The van der Waals surface area contributed by atoms with Crippen molar-refractivity contribution in [3.63, 3.8) is 0 Å². The number of nitrogens with zero attached hydrogens (tertiary/aromatic N) is 2. The first-order valence-electron chi connectivity index (χ1n) is 10.1. The molecule has 0 aromatic carbocycles. The topological polar surface area (TPSA) is 115 Å². The Hall–Kier alpha value is -2.68. The molecule has 0 spiro atoms. The van der Waals surface area contributed by atoms with Crippen LogP contribution < -0.4 is 5.32 Å². The second-order valence-corrected chi connectivity index (χ2v) is 8.61. The quantitative estimate of drug-likeness (QED) is 0.569. The molecule has 2 amide bonds. The minimum atomic E-state index is -1.24. The van der Waals surface area contributed by atoms with Gasteiger partial charge in [0.1, 0.15) is 23.9 Å². The summed E-state index contributed by atoms with van der Waals surface area (Å²) in [4.78, 5) is 55.6. The summed E-state index contributed by atoms with van der Waals surface area (Å²) >= 11 is 5.91. The average Bonchev–Trinajstić information content (AvgIpc) is 3.48. The number of pyridine rings is 1. The first kappa shape index (κ1) is 24.6. The predicted molar refractivity (Wildman–Crippen MR) is 112 cm³/mol. The number of hydrogen-bond donors (Lipinski definition) is 1. The monoisotopic (exact) mass is 453 g/mol. The van der Waals surface area contributed by atoms with Crippen molar-refractivity contribution < 1.29 is 28.7 Å². The molecule has 170 valence electrons. The maximum absolute atomic E-state index is 13.2. The van der Waals surface area contributed by atoms with Crippen LogP contribution in [0.2, 0.25) is 5.02 Å². The third-order valence-corrected chi connectivity index (χ3v) is 4.46. The second-order valence-electron chi connectivity index (χ2n) is 8.18. The van der Waals surface area contributed by atoms with Gasteiger partial charge >= 0.3 is 11.9 Å². The van der Waals surface area contributed by atoms with Crippen molar-refractivity contribution in [3.05, 3.63) is 29.0 Å². The Morgan fingerprint density at radius 3 is 2.48 bits per heavy atom. The molecular formula is C21H28ClN3O6. The molecule has 0 unspecified atom stereocenters. The van der Waals surface area contributed by atoms with E-state index in [0.29, 0.717) is 5.02 Å². The Labute approximate surface area is 186 Å². The lowest BCUT2D eigenvalue weighted by Crippen LogP contribution is -2.52. The van der Waals surface area contributed by atoms with Crippen molar-refractivity contribution in [2.24, 2.45) is 0 Å². The van der Waals surface area contributed by atoms with Gasteiger partial charge in [0.25, 0.3) is 5.91 Å². The molecule has 1 atom stereocenters. The summed E-state index contributed by atoms with van der Waals surface area (Å²) in [6.45, 7) is 6.70. The zero-order chi connectivity index (χ0) is 23.2. The molecule has 1 aliphatic carbocycles. The number of rotatable bonds is 9. The molecule has 1 aromatic heterocycles. The van der Waals surface area contributed by atoms with Crippen molar-refractivity contribution in [1.29, 1.82) is 0 Å². The van der Waals surface area contributed by atoms with Gasteiger partial charge in [0.05, 0.1) is 13.0 Å². The summed E-state index contributed by atoms with van der Waals surface area (Å²) in [6, 6.07) is 1.48. The Morgan fingerprint density at radius 1 is 1.26 bits per heavy atom. The molecule has 1 aliphatic rings. The van der Waals surface area contributed by atoms with Crippen LogP contribution in [0.15, 0.2) is 18.3 Å². The van der Waals surface area contributed by atoms with Crippen LogP contribution in [-0.4, -0.2) is 64.5 Å². The van der Waals surface area contributed by atoms with Gasteiger partial charge in [0, 0.05) is 17.3 Å². The first-order chi connectivity index (χ1) is 14.5. The maximum atomic E-state index is 13.2. The number of carbonyl (C=O) groups excluding carboxylic acids is 4. The van der Waals surface area contributed by atoms with Crippen LogP contribution in [0.5, 0.6) is 0 Å². The van der Waals surface area contributed by atoms with Gasteiger partial charge in [0.15, 0.2) is 0 Å². The van der Waals surface area contributed by atoms with Gasteiger partial charge in [-0.3, -0.25) is 24.2 Å². The largest absolute Gasteiger partial charge is 0.465 e. The number of amides is 2. The lowest BCUT2D eigenvalue weighted by molar-refractivity contribution is -0.157. The molecule has 1 saturated carbocycles. The van der Waals surface area contributed by atoms with Gasteiger partial charge < -0.3 is 19.7 Å². The van der Waals surface area contributed by atoms with Gasteiger partial charge in [-0.05, 0) is 52.7 Å². The van der Waals surface area contributed by atoms with Crippen molar-refractivity contribution in [2.75, 3.05) is 13.2 Å². The van der Waals surface area contributed by atoms with Crippen LogP contribution in [0, 0.1) is 0 Å². The zero-order valence-corrected chi connectivity index (χ0v) is 18.9. The van der Waals surface area contributed by atoms with Gasteiger partial charge in [-0.25, -0.2) is 0 Å². The van der Waals surface area contributed by atoms with Crippen LogP contribution in [0.25, 0.3) is 0 Å². The highest BCUT2D eigenvalue weighted by atomic mass is 35.5. The summed E-state index contributed by atoms with van der Waals surface area (Å²) in [5, 5.41) is 2.84. The van der Waals surface area contributed by atoms with Gasteiger partial charge in [-0.1, -0.05) is 11.6 Å². The highest BCUT2D eigenvalue weighted by molar-refractivity contribution is 6.30. The van der Waals surface area contributed by atoms with Crippen LogP contribution in [0.3, 0.4) is 0 Å². The number of carbonyl (C=O) groups is 4. The van der Waals surface area contributed by atoms with E-state index in [1.54, 1.807) is 27.7 Å². The van der Waals surface area contributed by atoms with Crippen LogP contribution in [-0.2, 0) is 23.9 Å². The van der Waals surface area contributed by atoms with E-state index in [-0.39, 0.29) is 24.9 Å². The van der Waals surface area contributed by atoms with Gasteiger partial charge in [-0.15, -0.1) is 0 Å². The standard InChI is InChI=1S/C21H28ClN3O6/c1-5-30-18(27)12-25(14-6-7-14)20(29)16(11-17(26)31-21(2,3)4)24-19(28)15-10-13(22)8-9-23-15/h8-10,14,16H,5-7,11-12H2,1-4H3,(H,24,28)/t16-/m0/s1. The molecule has 9 nitrogen and oxygen atoms in total. The minimum absolute atomic E-state index is 0.00199. The smallest absolute Gasteiger partial charge is 0.325 e. The summed E-state index contributed by atoms with van der Waals surface area (Å²) < 4.78 is 10.3. The lowest BCUT2D eigenvalue weighted by atomic mass is 10.1. The van der Waals surface area contributed by atoms with E-state index >= 15 is 0 Å². The van der Waals surface area contributed by atoms with E-state index in [1.807, 2.05) is 0 Å². The maximum Gasteiger partial charge on any atom is 0.325 e. The highest BCUT2D eigenvalue weighted by Crippen LogP contribution is 2.28. The molecule has 0 aliphatic heterocycles. The number of aromatic nitrogens is 1. The summed E-state index contributed by atoms with van der Waals surface area (Å²) in [6.07, 6.45) is 2.43. The average molecular weight is 454 g/mol. The number of halogens is 1. The first-order valence-corrected chi connectivity index (χ1v) is 10.5. The van der Waals surface area contributed by atoms with Gasteiger partial charge in [-0.2, -0.15) is 0 Å². The van der Waals surface area contributed by atoms with Crippen molar-refractivity contribution in [3.8, 4) is 0 Å². The Balaban J connectivity index is 2.22. The summed E-state index contributed by atoms with van der Waals surface area (Å²) in [5.41, 5.74) is -0.762. The van der Waals surface area contributed by atoms with E-state index in [9.17, 15) is 19.2 Å². The number of nitrogens with one attached hydrogen (secondary N) is 1. The van der Waals surface area contributed by atoms with Crippen LogP contribution in [0.4, 0.5) is 0 Å². The summed E-state index contributed by atoms with van der Waals surface area (Å²) in [7, 11) is 0. The Kier molecular flexibility index (Phi) is 8.38. The molecular weight excluding hydrogens is 426 g/mol. The Bertz CT molecular complexity index is 835. The SMILES string of the molecule is CCOC(=O)CN(C(=O)[C@H](CC(=O)OC(C)(C)C)NC(=O)c1cc(Cl)ccn1)C1CC1. The predicted octanol–water partition coefficient (Wildman–Crippen LogP) is 2.12. The van der Waals surface area contributed by atoms with Gasteiger partial charge in [0.2, 0.25) is 5.91 Å². The fourth-order valence-corrected chi connectivity index (χ4v) is 2.99. The summed E-state index contributed by atoms with van der Waals surface area (Å²) in [5.74, 6) is -2.44. The second kappa shape index (κ2) is 10.6. The van der Waals surface area contributed by atoms with E-state index in [1.165, 1.54) is 23.2 Å². The third-order valence-electron chi connectivity index (χ3n) is 4.22. The zero-order valence-electron chi connectivity index (χ0n) is 18.1.